The van der Waals surface area contributed by atoms with Crippen molar-refractivity contribution in [3.05, 3.63) is 279 Å². The van der Waals surface area contributed by atoms with E-state index in [-0.39, 0.29) is 0 Å². The van der Waals surface area contributed by atoms with Crippen LogP contribution in [-0.2, 0) is 0 Å². The Balaban J connectivity index is 0.765. The molecule has 1 nitrogen and oxygen atoms in total. The molecule has 16 rings (SSSR count). The van der Waals surface area contributed by atoms with Crippen molar-refractivity contribution in [2.45, 2.75) is 0 Å². The molecule has 0 amide bonds. The van der Waals surface area contributed by atoms with Crippen LogP contribution in [0.2, 0.25) is 0 Å². The molecule has 0 N–H and O–H groups in total. The summed E-state index contributed by atoms with van der Waals surface area (Å²) in [6, 6.07) is 103. The highest BCUT2D eigenvalue weighted by atomic mass is 16.3. The molecule has 0 radical (unpaired) electrons. The van der Waals surface area contributed by atoms with Gasteiger partial charge in [-0.25, -0.2) is 0 Å². The van der Waals surface area contributed by atoms with Gasteiger partial charge in [0.1, 0.15) is 11.2 Å². The molecule has 15 aromatic carbocycles. The number of hydrogen-bond acceptors (Lipinski definition) is 1. The van der Waals surface area contributed by atoms with E-state index in [1.54, 1.807) is 0 Å². The maximum atomic E-state index is 6.67. The summed E-state index contributed by atoms with van der Waals surface area (Å²) < 4.78 is 6.67. The number of hydrogen-bond donors (Lipinski definition) is 0. The average molecular weight is 975 g/mol. The Hall–Kier alpha value is -10.1. The molecule has 0 spiro atoms. The molecule has 0 bridgehead atoms. The first-order chi connectivity index (χ1) is 38.2. The summed E-state index contributed by atoms with van der Waals surface area (Å²) in [7, 11) is 0. The second-order valence-corrected chi connectivity index (χ2v) is 20.6. The Labute approximate surface area is 445 Å². The number of para-hydroxylation sites is 2. The summed E-state index contributed by atoms with van der Waals surface area (Å²) in [5.41, 5.74) is 16.4. The summed E-state index contributed by atoms with van der Waals surface area (Å²) in [6.07, 6.45) is 0. The van der Waals surface area contributed by atoms with Crippen LogP contribution in [0, 0.1) is 0 Å². The standard InChI is InChI=1S/C76H46O/c1-2-17-50-46-55(39-34-47(50)16-1)73-63-23-5-3-21-61(63)72(62-22-4-6-24-64(62)73)49-37-35-48(36-38-49)56-29-13-18-53-44-51(40-42-57(53)56)52-41-43-58-54(45-52)19-14-30-60(58)74-65-25-7-9-27-67(65)75(68-28-10-8-26-66(68)74)70-32-15-31-69-59-20-11-12-33-71(59)77-76(69)70/h1-46H. The molecule has 77 heavy (non-hydrogen) atoms. The van der Waals surface area contributed by atoms with Gasteiger partial charge in [0, 0.05) is 21.9 Å². The van der Waals surface area contributed by atoms with E-state index < -0.39 is 0 Å². The molecule has 0 aliphatic rings. The van der Waals surface area contributed by atoms with Gasteiger partial charge in [0.15, 0.2) is 0 Å². The van der Waals surface area contributed by atoms with E-state index in [1.165, 1.54) is 137 Å². The second-order valence-electron chi connectivity index (χ2n) is 20.6. The van der Waals surface area contributed by atoms with E-state index in [9.17, 15) is 0 Å². The van der Waals surface area contributed by atoms with E-state index in [0.717, 1.165) is 27.5 Å². The zero-order valence-corrected chi connectivity index (χ0v) is 42.0. The van der Waals surface area contributed by atoms with Gasteiger partial charge in [-0.1, -0.05) is 255 Å². The van der Waals surface area contributed by atoms with E-state index in [1.807, 2.05) is 6.07 Å². The van der Waals surface area contributed by atoms with Crippen molar-refractivity contribution >= 4 is 97.3 Å². The summed E-state index contributed by atoms with van der Waals surface area (Å²) in [5, 5.41) is 19.6. The van der Waals surface area contributed by atoms with Gasteiger partial charge >= 0.3 is 0 Å². The second kappa shape index (κ2) is 17.2. The first-order valence-corrected chi connectivity index (χ1v) is 26.6. The molecule has 0 unspecified atom stereocenters. The van der Waals surface area contributed by atoms with Gasteiger partial charge in [0.2, 0.25) is 0 Å². The van der Waals surface area contributed by atoms with Crippen LogP contribution in [0.4, 0.5) is 0 Å². The minimum absolute atomic E-state index is 0.907. The number of furan rings is 1. The van der Waals surface area contributed by atoms with Crippen LogP contribution in [0.25, 0.3) is 164 Å². The molecule has 0 atom stereocenters. The molecular weight excluding hydrogens is 929 g/mol. The van der Waals surface area contributed by atoms with Gasteiger partial charge in [-0.05, 0) is 155 Å². The topological polar surface area (TPSA) is 13.1 Å². The third-order valence-electron chi connectivity index (χ3n) is 16.4. The highest BCUT2D eigenvalue weighted by Crippen LogP contribution is 2.49. The van der Waals surface area contributed by atoms with Crippen molar-refractivity contribution in [2.24, 2.45) is 0 Å². The summed E-state index contributed by atoms with van der Waals surface area (Å²) in [6.45, 7) is 0. The third kappa shape index (κ3) is 6.81. The molecule has 356 valence electrons. The van der Waals surface area contributed by atoms with Crippen LogP contribution in [-0.4, -0.2) is 0 Å². The van der Waals surface area contributed by atoms with Crippen molar-refractivity contribution in [2.75, 3.05) is 0 Å². The molecular formula is C76H46O. The predicted molar refractivity (Wildman–Crippen MR) is 329 cm³/mol. The highest BCUT2D eigenvalue weighted by molar-refractivity contribution is 6.26. The van der Waals surface area contributed by atoms with Crippen molar-refractivity contribution < 1.29 is 4.42 Å². The monoisotopic (exact) mass is 974 g/mol. The summed E-state index contributed by atoms with van der Waals surface area (Å²) in [5.74, 6) is 0. The van der Waals surface area contributed by atoms with Crippen molar-refractivity contribution in [3.63, 3.8) is 0 Å². The van der Waals surface area contributed by atoms with Crippen LogP contribution in [0.5, 0.6) is 0 Å². The molecule has 1 aromatic heterocycles. The lowest BCUT2D eigenvalue weighted by atomic mass is 9.84. The molecule has 0 aliphatic heterocycles. The van der Waals surface area contributed by atoms with Crippen LogP contribution in [0.1, 0.15) is 0 Å². The van der Waals surface area contributed by atoms with Gasteiger partial charge in [-0.15, -0.1) is 0 Å². The lowest BCUT2D eigenvalue weighted by molar-refractivity contribution is 0.670. The fourth-order valence-electron chi connectivity index (χ4n) is 13.0. The fourth-order valence-corrected chi connectivity index (χ4v) is 13.0. The van der Waals surface area contributed by atoms with Crippen molar-refractivity contribution in [3.8, 4) is 66.8 Å². The first-order valence-electron chi connectivity index (χ1n) is 26.6. The lowest BCUT2D eigenvalue weighted by Crippen LogP contribution is -1.92. The van der Waals surface area contributed by atoms with Crippen molar-refractivity contribution in [1.82, 2.24) is 0 Å². The zero-order valence-electron chi connectivity index (χ0n) is 42.0. The lowest BCUT2D eigenvalue weighted by Gasteiger charge is -2.19. The van der Waals surface area contributed by atoms with Crippen LogP contribution < -0.4 is 0 Å². The first kappa shape index (κ1) is 43.3. The average Bonchev–Trinajstić information content (AvgIpc) is 3.95. The molecule has 16 aromatic rings. The number of fused-ring (bicyclic) bond motifs is 10. The molecule has 0 saturated heterocycles. The maximum Gasteiger partial charge on any atom is 0.143 e. The Morgan fingerprint density at radius 2 is 0.558 bits per heavy atom. The smallest absolute Gasteiger partial charge is 0.143 e. The maximum absolute atomic E-state index is 6.67. The van der Waals surface area contributed by atoms with E-state index in [2.05, 4.69) is 273 Å². The molecule has 0 aliphatic carbocycles. The summed E-state index contributed by atoms with van der Waals surface area (Å²) >= 11 is 0. The third-order valence-corrected chi connectivity index (χ3v) is 16.4. The Morgan fingerprint density at radius 3 is 1.16 bits per heavy atom. The Kier molecular flexibility index (Phi) is 9.71. The minimum atomic E-state index is 0.907. The SMILES string of the molecule is c1ccc2cc(-c3c4ccccc4c(-c4ccc(-c5cccc6cc(-c7ccc8c(-c9c%10ccccc%10c(-c%10cccc%11c%10oc%10ccccc%10%11)c%10ccccc9%10)cccc8c7)ccc56)cc4)c4ccccc34)ccc2c1. The van der Waals surface area contributed by atoms with Crippen molar-refractivity contribution in [1.29, 1.82) is 0 Å². The normalized spacial score (nSPS) is 11.9. The predicted octanol–water partition coefficient (Wildman–Crippen LogP) is 21.7. The van der Waals surface area contributed by atoms with Crippen LogP contribution >= 0.6 is 0 Å². The fraction of sp³-hybridized carbons (Fsp3) is 0. The van der Waals surface area contributed by atoms with Gasteiger partial charge < -0.3 is 4.42 Å². The number of benzene rings is 15. The van der Waals surface area contributed by atoms with Gasteiger partial charge in [-0.3, -0.25) is 0 Å². The zero-order chi connectivity index (χ0) is 50.6. The number of rotatable bonds is 6. The van der Waals surface area contributed by atoms with Crippen LogP contribution in [0.3, 0.4) is 0 Å². The minimum Gasteiger partial charge on any atom is -0.455 e. The van der Waals surface area contributed by atoms with E-state index in [4.69, 9.17) is 4.42 Å². The Morgan fingerprint density at radius 1 is 0.182 bits per heavy atom. The van der Waals surface area contributed by atoms with E-state index in [0.29, 0.717) is 0 Å². The Bertz CT molecular complexity index is 4980. The largest absolute Gasteiger partial charge is 0.455 e. The molecule has 1 heteroatoms. The van der Waals surface area contributed by atoms with Gasteiger partial charge in [0.05, 0.1) is 0 Å². The molecule has 0 saturated carbocycles. The van der Waals surface area contributed by atoms with Gasteiger partial charge in [-0.2, -0.15) is 0 Å². The molecule has 0 fully saturated rings. The van der Waals surface area contributed by atoms with Crippen LogP contribution in [0.15, 0.2) is 283 Å². The highest BCUT2D eigenvalue weighted by Gasteiger charge is 2.22. The summed E-state index contributed by atoms with van der Waals surface area (Å²) in [4.78, 5) is 0. The van der Waals surface area contributed by atoms with E-state index >= 15 is 0 Å². The molecule has 1 heterocycles. The quantitative estimate of drug-likeness (QED) is 0.151. The van der Waals surface area contributed by atoms with Gasteiger partial charge in [0.25, 0.3) is 0 Å².